The average molecular weight is 351 g/mol. The van der Waals surface area contributed by atoms with E-state index in [4.69, 9.17) is 0 Å². The molecule has 0 saturated carbocycles. The molecule has 1 N–H and O–H groups in total. The molecule has 1 unspecified atom stereocenters. The number of benzene rings is 1. The zero-order valence-corrected chi connectivity index (χ0v) is 15.1. The summed E-state index contributed by atoms with van der Waals surface area (Å²) in [6.45, 7) is 3.55. The van der Waals surface area contributed by atoms with Crippen molar-refractivity contribution in [1.82, 2.24) is 9.97 Å². The molecule has 0 amide bonds. The van der Waals surface area contributed by atoms with Gasteiger partial charge in [-0.3, -0.25) is 0 Å². The molecule has 1 aromatic heterocycles. The minimum Gasteiger partial charge on any atom is -0.388 e. The maximum atomic E-state index is 11.1. The van der Waals surface area contributed by atoms with Crippen LogP contribution in [-0.4, -0.2) is 33.8 Å². The van der Waals surface area contributed by atoms with E-state index in [1.807, 2.05) is 25.1 Å². The van der Waals surface area contributed by atoms with Crippen molar-refractivity contribution in [2.45, 2.75) is 36.7 Å². The van der Waals surface area contributed by atoms with Crippen molar-refractivity contribution in [2.24, 2.45) is 5.92 Å². The number of fused-ring (bicyclic) bond motifs is 1. The third-order valence-electron chi connectivity index (χ3n) is 5.28. The van der Waals surface area contributed by atoms with E-state index in [0.717, 1.165) is 46.7 Å². The lowest BCUT2D eigenvalue weighted by atomic mass is 9.76. The van der Waals surface area contributed by atoms with E-state index in [2.05, 4.69) is 45.4 Å². The number of rotatable bonds is 2. The van der Waals surface area contributed by atoms with Crippen LogP contribution < -0.4 is 4.90 Å². The van der Waals surface area contributed by atoms with Crippen LogP contribution in [0.3, 0.4) is 0 Å². The van der Waals surface area contributed by atoms with Gasteiger partial charge in [-0.1, -0.05) is 17.9 Å². The maximum Gasteiger partial charge on any atom is 0.139 e. The van der Waals surface area contributed by atoms with E-state index in [0.29, 0.717) is 12.8 Å². The number of aromatic nitrogens is 2. The summed E-state index contributed by atoms with van der Waals surface area (Å²) in [5.41, 5.74) is 1.31. The quantitative estimate of drug-likeness (QED) is 0.644. The second kappa shape index (κ2) is 6.36. The molecular formula is C20H21N3OS. The van der Waals surface area contributed by atoms with Crippen LogP contribution in [0.15, 0.2) is 41.1 Å². The van der Waals surface area contributed by atoms with Gasteiger partial charge in [0.2, 0.25) is 0 Å². The van der Waals surface area contributed by atoms with Crippen LogP contribution in [0, 0.1) is 17.8 Å². The minimum absolute atomic E-state index is 0.0320. The molecule has 1 saturated heterocycles. The summed E-state index contributed by atoms with van der Waals surface area (Å²) < 4.78 is 0. The van der Waals surface area contributed by atoms with Crippen LogP contribution in [0.2, 0.25) is 0 Å². The van der Waals surface area contributed by atoms with E-state index in [1.165, 1.54) is 0 Å². The van der Waals surface area contributed by atoms with Crippen molar-refractivity contribution in [3.8, 4) is 11.8 Å². The Kier molecular flexibility index (Phi) is 4.18. The van der Waals surface area contributed by atoms with Gasteiger partial charge in [-0.25, -0.2) is 9.97 Å². The zero-order valence-electron chi connectivity index (χ0n) is 14.2. The third-order valence-corrected chi connectivity index (χ3v) is 5.56. The molecular weight excluding hydrogens is 330 g/mol. The number of aliphatic hydroxyl groups is 1. The Bertz CT molecular complexity index is 904. The molecule has 1 atom stereocenters. The normalized spacial score (nSPS) is 22.3. The van der Waals surface area contributed by atoms with Gasteiger partial charge in [0.1, 0.15) is 12.1 Å². The summed E-state index contributed by atoms with van der Waals surface area (Å²) in [5, 5.41) is 12.1. The van der Waals surface area contributed by atoms with Crippen molar-refractivity contribution in [1.29, 1.82) is 0 Å². The van der Waals surface area contributed by atoms with Crippen LogP contribution in [0.1, 0.15) is 26.2 Å². The molecule has 25 heavy (non-hydrogen) atoms. The van der Waals surface area contributed by atoms with E-state index >= 15 is 0 Å². The lowest BCUT2D eigenvalue weighted by Crippen LogP contribution is -2.49. The number of anilines is 1. The van der Waals surface area contributed by atoms with Crippen LogP contribution >= 0.6 is 12.6 Å². The highest BCUT2D eigenvalue weighted by Crippen LogP contribution is 2.36. The summed E-state index contributed by atoms with van der Waals surface area (Å²) >= 11 is 4.44. The summed E-state index contributed by atoms with van der Waals surface area (Å²) in [5.74, 6) is 7.34. The second-order valence-electron chi connectivity index (χ2n) is 6.93. The monoisotopic (exact) mass is 351 g/mol. The highest BCUT2D eigenvalue weighted by molar-refractivity contribution is 7.80. The van der Waals surface area contributed by atoms with Crippen molar-refractivity contribution < 1.29 is 5.11 Å². The van der Waals surface area contributed by atoms with E-state index in [-0.39, 0.29) is 5.92 Å². The van der Waals surface area contributed by atoms with Crippen LogP contribution in [0.4, 0.5) is 5.82 Å². The third kappa shape index (κ3) is 3.12. The van der Waals surface area contributed by atoms with Crippen molar-refractivity contribution in [3.05, 3.63) is 36.2 Å². The first-order valence-electron chi connectivity index (χ1n) is 8.64. The molecule has 2 aromatic rings. The van der Waals surface area contributed by atoms with E-state index < -0.39 is 5.60 Å². The van der Waals surface area contributed by atoms with E-state index in [9.17, 15) is 5.11 Å². The van der Waals surface area contributed by atoms with Gasteiger partial charge in [-0.05, 0) is 50.0 Å². The fraction of sp³-hybridized carbons (Fsp3) is 0.400. The Morgan fingerprint density at radius 3 is 2.80 bits per heavy atom. The van der Waals surface area contributed by atoms with Crippen LogP contribution in [0.25, 0.3) is 10.9 Å². The lowest BCUT2D eigenvalue weighted by Gasteiger charge is -2.42. The highest BCUT2D eigenvalue weighted by Gasteiger charge is 2.39. The fourth-order valence-corrected chi connectivity index (χ4v) is 3.90. The molecule has 128 valence electrons. The molecule has 4 rings (SSSR count). The number of piperidine rings is 1. The molecule has 2 aliphatic rings. The average Bonchev–Trinajstić information content (AvgIpc) is 2.62. The molecule has 1 aliphatic heterocycles. The largest absolute Gasteiger partial charge is 0.388 e. The first-order chi connectivity index (χ1) is 12.0. The summed E-state index contributed by atoms with van der Waals surface area (Å²) in [6, 6.07) is 5.92. The van der Waals surface area contributed by atoms with Gasteiger partial charge in [-0.2, -0.15) is 0 Å². The first kappa shape index (κ1) is 16.4. The summed E-state index contributed by atoms with van der Waals surface area (Å²) in [6.07, 6.45) is 5.99. The summed E-state index contributed by atoms with van der Waals surface area (Å²) in [4.78, 5) is 12.0. The van der Waals surface area contributed by atoms with Gasteiger partial charge in [-0.15, -0.1) is 12.6 Å². The molecule has 2 heterocycles. The van der Waals surface area contributed by atoms with Gasteiger partial charge in [0.05, 0.1) is 17.0 Å². The number of hydrogen-bond donors (Lipinski definition) is 2. The molecule has 0 radical (unpaired) electrons. The smallest absolute Gasteiger partial charge is 0.139 e. The summed E-state index contributed by atoms with van der Waals surface area (Å²) in [7, 11) is 0. The van der Waals surface area contributed by atoms with Crippen molar-refractivity contribution >= 4 is 29.3 Å². The molecule has 0 spiro atoms. The predicted octanol–water partition coefficient (Wildman–Crippen LogP) is 3.22. The Morgan fingerprint density at radius 2 is 2.08 bits per heavy atom. The van der Waals surface area contributed by atoms with Gasteiger partial charge >= 0.3 is 0 Å². The molecule has 1 aromatic carbocycles. The molecule has 5 heteroatoms. The number of nitrogens with zero attached hydrogens (tertiary/aromatic N) is 3. The SMILES string of the molecule is CC1=CCC(C2(O)CCN(c3ncnc4ccc(S)cc34)CC2)C#C1. The van der Waals surface area contributed by atoms with Crippen molar-refractivity contribution in [2.75, 3.05) is 18.0 Å². The fourth-order valence-electron chi connectivity index (χ4n) is 3.70. The predicted molar refractivity (Wildman–Crippen MR) is 103 cm³/mol. The van der Waals surface area contributed by atoms with Gasteiger partial charge in [0.25, 0.3) is 0 Å². The highest BCUT2D eigenvalue weighted by atomic mass is 32.1. The number of hydrogen-bond acceptors (Lipinski definition) is 5. The minimum atomic E-state index is -0.710. The van der Waals surface area contributed by atoms with Gasteiger partial charge in [0.15, 0.2) is 0 Å². The van der Waals surface area contributed by atoms with Gasteiger partial charge in [0, 0.05) is 23.4 Å². The molecule has 1 aliphatic carbocycles. The molecule has 4 nitrogen and oxygen atoms in total. The number of allylic oxidation sites excluding steroid dienone is 2. The Hall–Kier alpha value is -2.03. The topological polar surface area (TPSA) is 49.2 Å². The van der Waals surface area contributed by atoms with Crippen LogP contribution in [0.5, 0.6) is 0 Å². The van der Waals surface area contributed by atoms with Gasteiger partial charge < -0.3 is 10.0 Å². The standard InChI is InChI=1S/C20H21N3OS/c1-14-2-4-15(5-3-14)20(24)8-10-23(11-9-20)19-17-12-16(25)6-7-18(17)21-13-22-19/h2,6-7,12-13,15,24-25H,4,8-11H2,1H3. The molecule has 1 fully saturated rings. The second-order valence-corrected chi connectivity index (χ2v) is 7.45. The molecule has 0 bridgehead atoms. The zero-order chi connectivity index (χ0) is 17.4. The first-order valence-corrected chi connectivity index (χ1v) is 9.09. The van der Waals surface area contributed by atoms with E-state index in [1.54, 1.807) is 6.33 Å². The maximum absolute atomic E-state index is 11.1. The number of thiol groups is 1. The Balaban J connectivity index is 1.56. The Labute approximate surface area is 153 Å². The van der Waals surface area contributed by atoms with Crippen molar-refractivity contribution in [3.63, 3.8) is 0 Å². The lowest BCUT2D eigenvalue weighted by molar-refractivity contribution is -0.0184. The Morgan fingerprint density at radius 1 is 1.28 bits per heavy atom. The van der Waals surface area contributed by atoms with Crippen LogP contribution in [-0.2, 0) is 0 Å².